The van der Waals surface area contributed by atoms with E-state index in [1.807, 2.05) is 0 Å². The van der Waals surface area contributed by atoms with Crippen LogP contribution in [-0.4, -0.2) is 23.3 Å². The SMILES string of the molecule is CC(=O)N(CC(=O)Nc1ccc(Cl)cc1)Cc1ccccc1F. The zero-order valence-corrected chi connectivity index (χ0v) is 13.3. The molecule has 1 N–H and O–H groups in total. The predicted octanol–water partition coefficient (Wildman–Crippen LogP) is 3.47. The molecule has 4 nitrogen and oxygen atoms in total. The lowest BCUT2D eigenvalue weighted by Gasteiger charge is -2.21. The maximum atomic E-state index is 13.7. The van der Waals surface area contributed by atoms with Crippen LogP contribution in [-0.2, 0) is 16.1 Å². The molecular formula is C17H16ClFN2O2. The molecule has 0 fully saturated rings. The number of nitrogens with zero attached hydrogens (tertiary/aromatic N) is 1. The van der Waals surface area contributed by atoms with Crippen molar-refractivity contribution in [1.82, 2.24) is 4.90 Å². The van der Waals surface area contributed by atoms with Crippen molar-refractivity contribution in [3.8, 4) is 0 Å². The van der Waals surface area contributed by atoms with Gasteiger partial charge in [-0.25, -0.2) is 4.39 Å². The standard InChI is InChI=1S/C17H16ClFN2O2/c1-12(22)21(10-13-4-2-3-5-16(13)19)11-17(23)20-15-8-6-14(18)7-9-15/h2-9H,10-11H2,1H3,(H,20,23). The lowest BCUT2D eigenvalue weighted by atomic mass is 10.2. The van der Waals surface area contributed by atoms with E-state index in [1.165, 1.54) is 17.9 Å². The largest absolute Gasteiger partial charge is 0.329 e. The molecule has 2 aromatic rings. The van der Waals surface area contributed by atoms with E-state index in [0.29, 0.717) is 16.3 Å². The van der Waals surface area contributed by atoms with Crippen LogP contribution in [0, 0.1) is 5.82 Å². The van der Waals surface area contributed by atoms with Crippen LogP contribution in [0.1, 0.15) is 12.5 Å². The van der Waals surface area contributed by atoms with E-state index in [2.05, 4.69) is 5.32 Å². The Balaban J connectivity index is 2.01. The van der Waals surface area contributed by atoms with Crippen molar-refractivity contribution in [3.63, 3.8) is 0 Å². The molecule has 0 unspecified atom stereocenters. The number of benzene rings is 2. The first kappa shape index (κ1) is 17.0. The fourth-order valence-corrected chi connectivity index (χ4v) is 2.14. The number of halogens is 2. The molecule has 0 aromatic heterocycles. The molecule has 2 amide bonds. The molecule has 0 saturated heterocycles. The number of amides is 2. The first-order valence-corrected chi connectivity index (χ1v) is 7.38. The van der Waals surface area contributed by atoms with Crippen LogP contribution in [0.15, 0.2) is 48.5 Å². The Kier molecular flexibility index (Phi) is 5.71. The second-order valence-corrected chi connectivity index (χ2v) is 5.46. The smallest absolute Gasteiger partial charge is 0.244 e. The van der Waals surface area contributed by atoms with Gasteiger partial charge in [0.2, 0.25) is 11.8 Å². The molecule has 0 heterocycles. The van der Waals surface area contributed by atoms with Crippen molar-refractivity contribution >= 4 is 29.1 Å². The summed E-state index contributed by atoms with van der Waals surface area (Å²) >= 11 is 5.78. The molecule has 0 atom stereocenters. The zero-order valence-electron chi connectivity index (χ0n) is 12.6. The van der Waals surface area contributed by atoms with Gasteiger partial charge in [0.15, 0.2) is 0 Å². The molecule has 0 saturated carbocycles. The maximum Gasteiger partial charge on any atom is 0.244 e. The molecule has 0 bridgehead atoms. The van der Waals surface area contributed by atoms with Crippen molar-refractivity contribution in [2.75, 3.05) is 11.9 Å². The summed E-state index contributed by atoms with van der Waals surface area (Å²) in [6, 6.07) is 12.8. The van der Waals surface area contributed by atoms with Crippen molar-refractivity contribution in [2.45, 2.75) is 13.5 Å². The summed E-state index contributed by atoms with van der Waals surface area (Å²) in [5.74, 6) is -1.07. The normalized spacial score (nSPS) is 10.2. The van der Waals surface area contributed by atoms with Gasteiger partial charge in [0, 0.05) is 29.7 Å². The lowest BCUT2D eigenvalue weighted by Crippen LogP contribution is -2.36. The molecule has 6 heteroatoms. The highest BCUT2D eigenvalue weighted by Crippen LogP contribution is 2.14. The van der Waals surface area contributed by atoms with Gasteiger partial charge in [0.05, 0.1) is 0 Å². The van der Waals surface area contributed by atoms with Crippen molar-refractivity contribution in [1.29, 1.82) is 0 Å². The average Bonchev–Trinajstić information content (AvgIpc) is 2.51. The third kappa shape index (κ3) is 5.07. The van der Waals surface area contributed by atoms with Crippen LogP contribution in [0.5, 0.6) is 0 Å². The summed E-state index contributed by atoms with van der Waals surface area (Å²) in [7, 11) is 0. The molecule has 0 aliphatic rings. The van der Waals surface area contributed by atoms with Crippen LogP contribution < -0.4 is 5.32 Å². The summed E-state index contributed by atoms with van der Waals surface area (Å²) in [5.41, 5.74) is 0.941. The molecule has 2 aromatic carbocycles. The van der Waals surface area contributed by atoms with Gasteiger partial charge in [0.25, 0.3) is 0 Å². The monoisotopic (exact) mass is 334 g/mol. The third-order valence-electron chi connectivity index (χ3n) is 3.23. The Labute approximate surface area is 138 Å². The van der Waals surface area contributed by atoms with Crippen LogP contribution in [0.4, 0.5) is 10.1 Å². The summed E-state index contributed by atoms with van der Waals surface area (Å²) in [6.45, 7) is 1.22. The highest BCUT2D eigenvalue weighted by Gasteiger charge is 2.16. The van der Waals surface area contributed by atoms with Gasteiger partial charge in [-0.2, -0.15) is 0 Å². The van der Waals surface area contributed by atoms with Gasteiger partial charge in [-0.3, -0.25) is 9.59 Å². The number of hydrogen-bond acceptors (Lipinski definition) is 2. The second kappa shape index (κ2) is 7.74. The van der Waals surface area contributed by atoms with E-state index in [1.54, 1.807) is 42.5 Å². The molecule has 2 rings (SSSR count). The van der Waals surface area contributed by atoms with Crippen molar-refractivity contribution in [3.05, 3.63) is 64.9 Å². The average molecular weight is 335 g/mol. The fraction of sp³-hybridized carbons (Fsp3) is 0.176. The summed E-state index contributed by atoms with van der Waals surface area (Å²) < 4.78 is 13.7. The van der Waals surface area contributed by atoms with Gasteiger partial charge >= 0.3 is 0 Å². The van der Waals surface area contributed by atoms with E-state index in [9.17, 15) is 14.0 Å². The molecule has 120 valence electrons. The minimum Gasteiger partial charge on any atom is -0.329 e. The molecule has 23 heavy (non-hydrogen) atoms. The van der Waals surface area contributed by atoms with Gasteiger partial charge in [-0.15, -0.1) is 0 Å². The molecule has 0 aliphatic carbocycles. The Morgan fingerprint density at radius 3 is 2.39 bits per heavy atom. The van der Waals surface area contributed by atoms with E-state index >= 15 is 0 Å². The first-order valence-electron chi connectivity index (χ1n) is 7.00. The van der Waals surface area contributed by atoms with Crippen LogP contribution >= 0.6 is 11.6 Å². The molecular weight excluding hydrogens is 319 g/mol. The third-order valence-corrected chi connectivity index (χ3v) is 3.48. The van der Waals surface area contributed by atoms with Gasteiger partial charge in [-0.05, 0) is 30.3 Å². The molecule has 0 spiro atoms. The Bertz CT molecular complexity index is 704. The Morgan fingerprint density at radius 1 is 1.13 bits per heavy atom. The van der Waals surface area contributed by atoms with E-state index in [-0.39, 0.29) is 24.9 Å². The number of carbonyl (C=O) groups excluding carboxylic acids is 2. The van der Waals surface area contributed by atoms with Crippen molar-refractivity contribution in [2.24, 2.45) is 0 Å². The van der Waals surface area contributed by atoms with Gasteiger partial charge in [0.1, 0.15) is 12.4 Å². The lowest BCUT2D eigenvalue weighted by molar-refractivity contribution is -0.133. The number of rotatable bonds is 5. The minimum absolute atomic E-state index is 0.0377. The summed E-state index contributed by atoms with van der Waals surface area (Å²) in [6.07, 6.45) is 0. The predicted molar refractivity (Wildman–Crippen MR) is 87.6 cm³/mol. The fourth-order valence-electron chi connectivity index (χ4n) is 2.02. The minimum atomic E-state index is -0.406. The maximum absolute atomic E-state index is 13.7. The van der Waals surface area contributed by atoms with Crippen LogP contribution in [0.3, 0.4) is 0 Å². The molecule has 0 aliphatic heterocycles. The number of anilines is 1. The van der Waals surface area contributed by atoms with Crippen molar-refractivity contribution < 1.29 is 14.0 Å². The van der Waals surface area contributed by atoms with E-state index in [4.69, 9.17) is 11.6 Å². The number of nitrogens with one attached hydrogen (secondary N) is 1. The van der Waals surface area contributed by atoms with Crippen LogP contribution in [0.2, 0.25) is 5.02 Å². The number of carbonyl (C=O) groups is 2. The quantitative estimate of drug-likeness (QED) is 0.910. The topological polar surface area (TPSA) is 49.4 Å². The summed E-state index contributed by atoms with van der Waals surface area (Å²) in [5, 5.41) is 3.23. The highest BCUT2D eigenvalue weighted by atomic mass is 35.5. The second-order valence-electron chi connectivity index (χ2n) is 5.02. The number of hydrogen-bond donors (Lipinski definition) is 1. The Morgan fingerprint density at radius 2 is 1.78 bits per heavy atom. The van der Waals surface area contributed by atoms with Gasteiger partial charge < -0.3 is 10.2 Å². The van der Waals surface area contributed by atoms with Crippen LogP contribution in [0.25, 0.3) is 0 Å². The zero-order chi connectivity index (χ0) is 16.8. The first-order chi connectivity index (χ1) is 11.0. The molecule has 0 radical (unpaired) electrons. The van der Waals surface area contributed by atoms with Gasteiger partial charge in [-0.1, -0.05) is 29.8 Å². The van der Waals surface area contributed by atoms with E-state index in [0.717, 1.165) is 0 Å². The van der Waals surface area contributed by atoms with E-state index < -0.39 is 5.82 Å². The summed E-state index contributed by atoms with van der Waals surface area (Å²) in [4.78, 5) is 25.0. The Hall–Kier alpha value is -2.40. The highest BCUT2D eigenvalue weighted by molar-refractivity contribution is 6.30.